The molecule has 0 aliphatic carbocycles. The molecule has 3 rings (SSSR count). The van der Waals surface area contributed by atoms with E-state index in [4.69, 9.17) is 9.47 Å². The van der Waals surface area contributed by atoms with Crippen LogP contribution in [0.15, 0.2) is 40.9 Å². The quantitative estimate of drug-likeness (QED) is 0.347. The third kappa shape index (κ3) is 5.18. The van der Waals surface area contributed by atoms with Gasteiger partial charge in [0.2, 0.25) is 0 Å². The van der Waals surface area contributed by atoms with Gasteiger partial charge in [0.1, 0.15) is 0 Å². The smallest absolute Gasteiger partial charge is 0.338 e. The lowest BCUT2D eigenvalue weighted by Gasteiger charge is -2.12. The first-order valence-electron chi connectivity index (χ1n) is 9.54. The average molecular weight is 489 g/mol. The molecule has 2 aromatic carbocycles. The van der Waals surface area contributed by atoms with Crippen LogP contribution in [0.3, 0.4) is 0 Å². The Balaban J connectivity index is 1.61. The van der Waals surface area contributed by atoms with Crippen molar-refractivity contribution in [1.29, 1.82) is 0 Å². The number of nitrogens with zero attached hydrogens (tertiary/aromatic N) is 1. The van der Waals surface area contributed by atoms with E-state index >= 15 is 0 Å². The second-order valence-corrected chi connectivity index (χ2v) is 7.87. The highest BCUT2D eigenvalue weighted by Crippen LogP contribution is 2.25. The molecule has 0 radical (unpaired) electrons. The van der Waals surface area contributed by atoms with E-state index in [9.17, 15) is 19.2 Å². The van der Waals surface area contributed by atoms with Crippen LogP contribution < -0.4 is 5.32 Å². The molecule has 9 heteroatoms. The molecule has 162 valence electrons. The average Bonchev–Trinajstić information content (AvgIpc) is 2.98. The van der Waals surface area contributed by atoms with E-state index in [1.165, 1.54) is 18.2 Å². The molecular formula is C22H21BrN2O6. The van der Waals surface area contributed by atoms with Crippen LogP contribution in [0.1, 0.15) is 43.1 Å². The first-order valence-corrected chi connectivity index (χ1v) is 10.3. The molecule has 0 saturated heterocycles. The standard InChI is InChI=1S/C22H21BrN2O6/c1-13-10-15(23)5-7-18(13)24-19(26)12-31-22(29)14-4-6-16-17(11-14)21(28)25(20(16)27)8-3-9-30-2/h4-7,10-11H,3,8-9,12H2,1-2H3,(H,24,26). The van der Waals surface area contributed by atoms with Crippen molar-refractivity contribution in [3.05, 3.63) is 63.1 Å². The van der Waals surface area contributed by atoms with Gasteiger partial charge >= 0.3 is 5.97 Å². The minimum atomic E-state index is -0.761. The van der Waals surface area contributed by atoms with Crippen LogP contribution in [0.5, 0.6) is 0 Å². The Labute approximate surface area is 187 Å². The van der Waals surface area contributed by atoms with Crippen molar-refractivity contribution in [2.45, 2.75) is 13.3 Å². The van der Waals surface area contributed by atoms with Crippen molar-refractivity contribution in [2.24, 2.45) is 0 Å². The molecule has 31 heavy (non-hydrogen) atoms. The SMILES string of the molecule is COCCCN1C(=O)c2ccc(C(=O)OCC(=O)Nc3ccc(Br)cc3C)cc2C1=O. The molecule has 1 heterocycles. The largest absolute Gasteiger partial charge is 0.452 e. The number of benzene rings is 2. The van der Waals surface area contributed by atoms with Gasteiger partial charge in [-0.3, -0.25) is 19.3 Å². The molecule has 1 aliphatic rings. The molecule has 3 amide bonds. The Morgan fingerprint density at radius 3 is 2.52 bits per heavy atom. The second kappa shape index (κ2) is 9.84. The van der Waals surface area contributed by atoms with Crippen LogP contribution in [0.4, 0.5) is 5.69 Å². The van der Waals surface area contributed by atoms with E-state index in [2.05, 4.69) is 21.2 Å². The van der Waals surface area contributed by atoms with Crippen molar-refractivity contribution < 1.29 is 28.7 Å². The Morgan fingerprint density at radius 2 is 1.81 bits per heavy atom. The summed E-state index contributed by atoms with van der Waals surface area (Å²) in [4.78, 5) is 50.6. The fourth-order valence-electron chi connectivity index (χ4n) is 3.16. The van der Waals surface area contributed by atoms with Gasteiger partial charge in [0.25, 0.3) is 17.7 Å². The molecule has 8 nitrogen and oxygen atoms in total. The summed E-state index contributed by atoms with van der Waals surface area (Å²) in [5.74, 6) is -2.12. The maximum Gasteiger partial charge on any atom is 0.338 e. The van der Waals surface area contributed by atoms with Gasteiger partial charge < -0.3 is 14.8 Å². The number of hydrogen-bond donors (Lipinski definition) is 1. The van der Waals surface area contributed by atoms with Crippen molar-refractivity contribution in [1.82, 2.24) is 4.90 Å². The number of amides is 3. The van der Waals surface area contributed by atoms with Crippen LogP contribution in [-0.4, -0.2) is 55.5 Å². The van der Waals surface area contributed by atoms with Crippen molar-refractivity contribution in [3.8, 4) is 0 Å². The molecule has 0 atom stereocenters. The van der Waals surface area contributed by atoms with Gasteiger partial charge in [-0.05, 0) is 55.3 Å². The summed E-state index contributed by atoms with van der Waals surface area (Å²) in [6, 6.07) is 9.53. The number of imide groups is 1. The Kier molecular flexibility index (Phi) is 7.19. The fraction of sp³-hybridized carbons (Fsp3) is 0.273. The third-order valence-electron chi connectivity index (χ3n) is 4.73. The minimum absolute atomic E-state index is 0.0891. The number of ether oxygens (including phenoxy) is 2. The Hall–Kier alpha value is -3.04. The molecule has 0 unspecified atom stereocenters. The number of methoxy groups -OCH3 is 1. The summed E-state index contributed by atoms with van der Waals surface area (Å²) >= 11 is 3.35. The molecule has 0 aromatic heterocycles. The summed E-state index contributed by atoms with van der Waals surface area (Å²) in [7, 11) is 1.54. The lowest BCUT2D eigenvalue weighted by molar-refractivity contribution is -0.119. The zero-order valence-corrected chi connectivity index (χ0v) is 18.7. The van der Waals surface area contributed by atoms with Gasteiger partial charge in [0.15, 0.2) is 6.61 Å². The summed E-state index contributed by atoms with van der Waals surface area (Å²) < 4.78 is 10.9. The van der Waals surface area contributed by atoms with Crippen LogP contribution in [0.2, 0.25) is 0 Å². The number of anilines is 1. The molecule has 0 spiro atoms. The van der Waals surface area contributed by atoms with Crippen LogP contribution >= 0.6 is 15.9 Å². The van der Waals surface area contributed by atoms with E-state index < -0.39 is 30.3 Å². The van der Waals surface area contributed by atoms with E-state index in [-0.39, 0.29) is 23.2 Å². The Bertz CT molecular complexity index is 1050. The molecule has 0 saturated carbocycles. The first-order chi connectivity index (χ1) is 14.8. The fourth-order valence-corrected chi connectivity index (χ4v) is 3.63. The molecule has 0 bridgehead atoms. The van der Waals surface area contributed by atoms with Gasteiger partial charge in [-0.2, -0.15) is 0 Å². The van der Waals surface area contributed by atoms with Gasteiger partial charge in [-0.1, -0.05) is 15.9 Å². The van der Waals surface area contributed by atoms with Crippen LogP contribution in [0, 0.1) is 6.92 Å². The summed E-state index contributed by atoms with van der Waals surface area (Å²) in [5, 5.41) is 2.68. The van der Waals surface area contributed by atoms with Crippen molar-refractivity contribution in [2.75, 3.05) is 32.2 Å². The van der Waals surface area contributed by atoms with Gasteiger partial charge in [-0.25, -0.2) is 4.79 Å². The molecule has 1 N–H and O–H groups in total. The summed E-state index contributed by atoms with van der Waals surface area (Å²) in [5.41, 5.74) is 1.94. The van der Waals surface area contributed by atoms with Gasteiger partial charge in [0, 0.05) is 30.4 Å². The number of fused-ring (bicyclic) bond motifs is 1. The second-order valence-electron chi connectivity index (χ2n) is 6.95. The summed E-state index contributed by atoms with van der Waals surface area (Å²) in [6.45, 7) is 2.01. The molecule has 2 aromatic rings. The highest BCUT2D eigenvalue weighted by molar-refractivity contribution is 9.10. The minimum Gasteiger partial charge on any atom is -0.452 e. The number of carbonyl (C=O) groups is 4. The number of aryl methyl sites for hydroxylation is 1. The maximum absolute atomic E-state index is 12.5. The highest BCUT2D eigenvalue weighted by atomic mass is 79.9. The van der Waals surface area contributed by atoms with Crippen molar-refractivity contribution >= 4 is 45.3 Å². The van der Waals surface area contributed by atoms with E-state index in [0.717, 1.165) is 14.9 Å². The number of halogens is 1. The zero-order chi connectivity index (χ0) is 22.5. The summed E-state index contributed by atoms with van der Waals surface area (Å²) in [6.07, 6.45) is 0.518. The predicted octanol–water partition coefficient (Wildman–Crippen LogP) is 3.19. The van der Waals surface area contributed by atoms with Gasteiger partial charge in [-0.15, -0.1) is 0 Å². The van der Waals surface area contributed by atoms with E-state index in [1.54, 1.807) is 19.2 Å². The topological polar surface area (TPSA) is 102 Å². The number of rotatable bonds is 8. The number of carbonyl (C=O) groups excluding carboxylic acids is 4. The third-order valence-corrected chi connectivity index (χ3v) is 5.23. The van der Waals surface area contributed by atoms with Gasteiger partial charge in [0.05, 0.1) is 16.7 Å². The zero-order valence-electron chi connectivity index (χ0n) is 17.1. The van der Waals surface area contributed by atoms with E-state index in [0.29, 0.717) is 18.7 Å². The van der Waals surface area contributed by atoms with Crippen LogP contribution in [0.25, 0.3) is 0 Å². The van der Waals surface area contributed by atoms with Crippen molar-refractivity contribution in [3.63, 3.8) is 0 Å². The highest BCUT2D eigenvalue weighted by Gasteiger charge is 2.35. The lowest BCUT2D eigenvalue weighted by Crippen LogP contribution is -2.31. The van der Waals surface area contributed by atoms with Crippen LogP contribution in [-0.2, 0) is 14.3 Å². The monoisotopic (exact) mass is 488 g/mol. The lowest BCUT2D eigenvalue weighted by atomic mass is 10.1. The molecule has 1 aliphatic heterocycles. The predicted molar refractivity (Wildman–Crippen MR) is 116 cm³/mol. The normalized spacial score (nSPS) is 12.7. The number of nitrogens with one attached hydrogen (secondary N) is 1. The van der Waals surface area contributed by atoms with E-state index in [1.807, 2.05) is 13.0 Å². The molecular weight excluding hydrogens is 468 g/mol. The Morgan fingerprint density at radius 1 is 1.06 bits per heavy atom. The number of hydrogen-bond acceptors (Lipinski definition) is 6. The first kappa shape index (κ1) is 22.6. The molecule has 0 fully saturated rings. The number of esters is 1. The maximum atomic E-state index is 12.5.